The van der Waals surface area contributed by atoms with E-state index >= 15 is 0 Å². The van der Waals surface area contributed by atoms with Crippen LogP contribution in [0.1, 0.15) is 41.5 Å². The standard InChI is InChI=1S/C11H17N3O3/c1-7-9(11(15)16-2)13-14(10(7)12)8-5-3-4-6-17-8/h8H,3-6,12H2,1-2H3. The van der Waals surface area contributed by atoms with Gasteiger partial charge in [0.25, 0.3) is 0 Å². The number of nitrogen functional groups attached to an aromatic ring is 1. The van der Waals surface area contributed by atoms with Gasteiger partial charge in [0.15, 0.2) is 11.9 Å². The largest absolute Gasteiger partial charge is 0.464 e. The minimum absolute atomic E-state index is 0.166. The van der Waals surface area contributed by atoms with Gasteiger partial charge in [0.2, 0.25) is 0 Å². The number of hydrogen-bond acceptors (Lipinski definition) is 5. The highest BCUT2D eigenvalue weighted by atomic mass is 16.5. The summed E-state index contributed by atoms with van der Waals surface area (Å²) in [6.07, 6.45) is 2.84. The summed E-state index contributed by atoms with van der Waals surface area (Å²) in [6, 6.07) is 0. The van der Waals surface area contributed by atoms with Crippen molar-refractivity contribution in [3.8, 4) is 0 Å². The normalized spacial score (nSPS) is 20.2. The van der Waals surface area contributed by atoms with Crippen molar-refractivity contribution in [3.05, 3.63) is 11.3 Å². The van der Waals surface area contributed by atoms with Gasteiger partial charge >= 0.3 is 5.97 Å². The number of carbonyl (C=O) groups is 1. The van der Waals surface area contributed by atoms with Gasteiger partial charge in [-0.25, -0.2) is 9.48 Å². The number of ether oxygens (including phenoxy) is 2. The first-order chi connectivity index (χ1) is 8.15. The quantitative estimate of drug-likeness (QED) is 0.786. The van der Waals surface area contributed by atoms with Crippen LogP contribution >= 0.6 is 0 Å². The van der Waals surface area contributed by atoms with Gasteiger partial charge in [-0.15, -0.1) is 0 Å². The fourth-order valence-electron chi connectivity index (χ4n) is 1.96. The molecule has 1 unspecified atom stereocenters. The molecule has 0 amide bonds. The summed E-state index contributed by atoms with van der Waals surface area (Å²) in [4.78, 5) is 11.5. The fraction of sp³-hybridized carbons (Fsp3) is 0.636. The molecule has 17 heavy (non-hydrogen) atoms. The van der Waals surface area contributed by atoms with Crippen LogP contribution in [0.25, 0.3) is 0 Å². The van der Waals surface area contributed by atoms with Crippen LogP contribution in [0.5, 0.6) is 0 Å². The first-order valence-electron chi connectivity index (χ1n) is 5.69. The SMILES string of the molecule is COC(=O)c1nn(C2CCCCO2)c(N)c1C. The molecule has 0 bridgehead atoms. The van der Waals surface area contributed by atoms with Gasteiger partial charge in [-0.3, -0.25) is 0 Å². The van der Waals surface area contributed by atoms with Crippen molar-refractivity contribution in [1.82, 2.24) is 9.78 Å². The van der Waals surface area contributed by atoms with Gasteiger partial charge in [0.1, 0.15) is 5.82 Å². The predicted molar refractivity (Wildman–Crippen MR) is 61.6 cm³/mol. The molecule has 0 radical (unpaired) electrons. The first-order valence-corrected chi connectivity index (χ1v) is 5.69. The predicted octanol–water partition coefficient (Wildman–Crippen LogP) is 1.26. The zero-order chi connectivity index (χ0) is 12.4. The molecule has 0 spiro atoms. The van der Waals surface area contributed by atoms with E-state index in [4.69, 9.17) is 10.5 Å². The second-order valence-corrected chi connectivity index (χ2v) is 4.12. The van der Waals surface area contributed by atoms with Crippen LogP contribution in [0.4, 0.5) is 5.82 Å². The van der Waals surface area contributed by atoms with Crippen LogP contribution in [-0.2, 0) is 9.47 Å². The Morgan fingerprint density at radius 1 is 1.59 bits per heavy atom. The smallest absolute Gasteiger partial charge is 0.358 e. The van der Waals surface area contributed by atoms with Crippen molar-refractivity contribution in [1.29, 1.82) is 0 Å². The lowest BCUT2D eigenvalue weighted by molar-refractivity contribution is -0.0382. The molecule has 0 aliphatic carbocycles. The number of nitrogens with zero attached hydrogens (tertiary/aromatic N) is 2. The van der Waals surface area contributed by atoms with E-state index < -0.39 is 5.97 Å². The van der Waals surface area contributed by atoms with Crippen LogP contribution in [0, 0.1) is 6.92 Å². The first kappa shape index (κ1) is 11.9. The second-order valence-electron chi connectivity index (χ2n) is 4.12. The zero-order valence-electron chi connectivity index (χ0n) is 10.1. The minimum Gasteiger partial charge on any atom is -0.464 e. The molecule has 1 fully saturated rings. The summed E-state index contributed by atoms with van der Waals surface area (Å²) >= 11 is 0. The maximum atomic E-state index is 11.5. The molecule has 0 saturated carbocycles. The third-order valence-electron chi connectivity index (χ3n) is 3.00. The van der Waals surface area contributed by atoms with Gasteiger partial charge in [-0.2, -0.15) is 5.10 Å². The van der Waals surface area contributed by atoms with Crippen LogP contribution in [-0.4, -0.2) is 29.5 Å². The Bertz CT molecular complexity index is 422. The Balaban J connectivity index is 2.31. The molecule has 94 valence electrons. The van der Waals surface area contributed by atoms with Gasteiger partial charge in [0, 0.05) is 12.2 Å². The number of anilines is 1. The number of carbonyl (C=O) groups excluding carboxylic acids is 1. The van der Waals surface area contributed by atoms with Gasteiger partial charge in [-0.1, -0.05) is 0 Å². The van der Waals surface area contributed by atoms with Gasteiger partial charge < -0.3 is 15.2 Å². The number of nitrogens with two attached hydrogens (primary N) is 1. The Morgan fingerprint density at radius 3 is 2.94 bits per heavy atom. The topological polar surface area (TPSA) is 79.4 Å². The van der Waals surface area contributed by atoms with E-state index in [1.165, 1.54) is 7.11 Å². The summed E-state index contributed by atoms with van der Waals surface area (Å²) in [5.74, 6) is 0.000981. The van der Waals surface area contributed by atoms with Crippen molar-refractivity contribution in [3.63, 3.8) is 0 Å². The lowest BCUT2D eigenvalue weighted by atomic mass is 10.2. The molecule has 2 rings (SSSR count). The van der Waals surface area contributed by atoms with Gasteiger partial charge in [-0.05, 0) is 26.2 Å². The van der Waals surface area contributed by atoms with E-state index in [2.05, 4.69) is 9.84 Å². The zero-order valence-corrected chi connectivity index (χ0v) is 10.1. The van der Waals surface area contributed by atoms with Crippen molar-refractivity contribution in [2.24, 2.45) is 0 Å². The summed E-state index contributed by atoms with van der Waals surface area (Å²) in [5, 5.41) is 4.20. The number of aromatic nitrogens is 2. The van der Waals surface area contributed by atoms with Crippen molar-refractivity contribution in [2.75, 3.05) is 19.5 Å². The molecule has 1 saturated heterocycles. The number of hydrogen-bond donors (Lipinski definition) is 1. The lowest BCUT2D eigenvalue weighted by Crippen LogP contribution is -2.21. The molecular weight excluding hydrogens is 222 g/mol. The van der Waals surface area contributed by atoms with Crippen LogP contribution in [0.2, 0.25) is 0 Å². The molecule has 2 N–H and O–H groups in total. The Morgan fingerprint density at radius 2 is 2.35 bits per heavy atom. The average molecular weight is 239 g/mol. The number of esters is 1. The van der Waals surface area contributed by atoms with Crippen LogP contribution in [0.3, 0.4) is 0 Å². The van der Waals surface area contributed by atoms with Crippen molar-refractivity contribution < 1.29 is 14.3 Å². The third kappa shape index (κ3) is 2.12. The molecule has 6 heteroatoms. The van der Waals surface area contributed by atoms with E-state index in [1.807, 2.05) is 0 Å². The molecular formula is C11H17N3O3. The Kier molecular flexibility index (Phi) is 3.33. The molecule has 6 nitrogen and oxygen atoms in total. The summed E-state index contributed by atoms with van der Waals surface area (Å²) < 4.78 is 11.8. The van der Waals surface area contributed by atoms with E-state index in [-0.39, 0.29) is 11.9 Å². The maximum absolute atomic E-state index is 11.5. The molecule has 1 aliphatic rings. The molecule has 2 heterocycles. The monoisotopic (exact) mass is 239 g/mol. The van der Waals surface area contributed by atoms with Gasteiger partial charge in [0.05, 0.1) is 7.11 Å². The molecule has 1 aromatic rings. The van der Waals surface area contributed by atoms with E-state index in [0.29, 0.717) is 18.0 Å². The summed E-state index contributed by atoms with van der Waals surface area (Å²) in [5.41, 5.74) is 6.85. The second kappa shape index (κ2) is 4.75. The highest BCUT2D eigenvalue weighted by Crippen LogP contribution is 2.27. The third-order valence-corrected chi connectivity index (χ3v) is 3.00. The van der Waals surface area contributed by atoms with Crippen LogP contribution < -0.4 is 5.73 Å². The van der Waals surface area contributed by atoms with E-state index in [0.717, 1.165) is 19.3 Å². The highest BCUT2D eigenvalue weighted by molar-refractivity contribution is 5.90. The number of rotatable bonds is 2. The Hall–Kier alpha value is -1.56. The van der Waals surface area contributed by atoms with Crippen LogP contribution in [0.15, 0.2) is 0 Å². The molecule has 1 atom stereocenters. The fourth-order valence-corrected chi connectivity index (χ4v) is 1.96. The lowest BCUT2D eigenvalue weighted by Gasteiger charge is -2.23. The Labute approximate surface area is 99.7 Å². The van der Waals surface area contributed by atoms with Crippen molar-refractivity contribution in [2.45, 2.75) is 32.4 Å². The maximum Gasteiger partial charge on any atom is 0.358 e. The minimum atomic E-state index is -0.469. The average Bonchev–Trinajstić information content (AvgIpc) is 2.67. The van der Waals surface area contributed by atoms with Crippen molar-refractivity contribution >= 4 is 11.8 Å². The van der Waals surface area contributed by atoms with E-state index in [9.17, 15) is 4.79 Å². The molecule has 1 aromatic heterocycles. The molecule has 0 aromatic carbocycles. The summed E-state index contributed by atoms with van der Waals surface area (Å²) in [6.45, 7) is 2.46. The number of methoxy groups -OCH3 is 1. The highest BCUT2D eigenvalue weighted by Gasteiger charge is 2.24. The molecule has 1 aliphatic heterocycles. The van der Waals surface area contributed by atoms with E-state index in [1.54, 1.807) is 11.6 Å². The summed E-state index contributed by atoms with van der Waals surface area (Å²) in [7, 11) is 1.33.